The Morgan fingerprint density at radius 1 is 1.33 bits per heavy atom. The molecule has 0 aromatic carbocycles. The van der Waals surface area contributed by atoms with Crippen LogP contribution in [0.2, 0.25) is 0 Å². The van der Waals surface area contributed by atoms with E-state index in [1.54, 1.807) is 7.05 Å². The first-order valence-electron chi connectivity index (χ1n) is 8.86. The third-order valence-corrected chi connectivity index (χ3v) is 6.29. The Balaban J connectivity index is 2.22. The second kappa shape index (κ2) is 7.02. The maximum atomic E-state index is 11.3. The number of aliphatic hydroxyl groups excluding tert-OH is 1. The molecule has 6 atom stereocenters. The SMILES string of the molecule is C=C(C)C1CCC(C)(O)C2CC(O)C(O)(CCNC(N)=NC)C2C1. The largest absolute Gasteiger partial charge is 0.390 e. The van der Waals surface area contributed by atoms with Crippen molar-refractivity contribution in [2.24, 2.45) is 28.5 Å². The smallest absolute Gasteiger partial charge is 0.188 e. The molecule has 6 heteroatoms. The molecule has 2 fully saturated rings. The highest BCUT2D eigenvalue weighted by molar-refractivity contribution is 5.77. The number of allylic oxidation sites excluding steroid dienone is 1. The van der Waals surface area contributed by atoms with E-state index < -0.39 is 17.3 Å². The maximum Gasteiger partial charge on any atom is 0.188 e. The molecule has 2 saturated carbocycles. The molecule has 0 amide bonds. The zero-order valence-corrected chi connectivity index (χ0v) is 15.1. The fraction of sp³-hybridized carbons (Fsp3) is 0.833. The van der Waals surface area contributed by atoms with Gasteiger partial charge < -0.3 is 26.4 Å². The summed E-state index contributed by atoms with van der Waals surface area (Å²) in [4.78, 5) is 3.84. The van der Waals surface area contributed by atoms with Crippen molar-refractivity contribution in [3.05, 3.63) is 12.2 Å². The number of hydrogen-bond acceptors (Lipinski definition) is 4. The molecule has 0 aromatic rings. The van der Waals surface area contributed by atoms with Gasteiger partial charge in [-0.2, -0.15) is 0 Å². The third kappa shape index (κ3) is 3.60. The van der Waals surface area contributed by atoms with Crippen molar-refractivity contribution in [2.75, 3.05) is 13.6 Å². The Bertz CT molecular complexity index is 506. The highest BCUT2D eigenvalue weighted by Gasteiger charge is 2.59. The number of fused-ring (bicyclic) bond motifs is 1. The van der Waals surface area contributed by atoms with Crippen molar-refractivity contribution in [1.29, 1.82) is 0 Å². The van der Waals surface area contributed by atoms with Gasteiger partial charge in [-0.05, 0) is 63.7 Å². The van der Waals surface area contributed by atoms with Crippen molar-refractivity contribution >= 4 is 5.96 Å². The molecule has 2 aliphatic rings. The third-order valence-electron chi connectivity index (χ3n) is 6.29. The van der Waals surface area contributed by atoms with Gasteiger partial charge in [-0.1, -0.05) is 12.2 Å². The maximum absolute atomic E-state index is 11.3. The van der Waals surface area contributed by atoms with Crippen LogP contribution in [0.25, 0.3) is 0 Å². The minimum absolute atomic E-state index is 0.112. The van der Waals surface area contributed by atoms with Gasteiger partial charge in [-0.25, -0.2) is 0 Å². The van der Waals surface area contributed by atoms with Crippen LogP contribution in [0, 0.1) is 17.8 Å². The lowest BCUT2D eigenvalue weighted by molar-refractivity contribution is -0.0996. The molecular formula is C18H33N3O3. The molecule has 0 radical (unpaired) electrons. The summed E-state index contributed by atoms with van der Waals surface area (Å²) < 4.78 is 0. The van der Waals surface area contributed by atoms with E-state index in [1.807, 2.05) is 13.8 Å². The zero-order valence-electron chi connectivity index (χ0n) is 15.1. The van der Waals surface area contributed by atoms with Crippen LogP contribution in [0.1, 0.15) is 46.0 Å². The number of hydrogen-bond donors (Lipinski definition) is 5. The molecule has 24 heavy (non-hydrogen) atoms. The van der Waals surface area contributed by atoms with Crippen LogP contribution in [-0.2, 0) is 0 Å². The minimum Gasteiger partial charge on any atom is -0.390 e. The average molecular weight is 339 g/mol. The van der Waals surface area contributed by atoms with Crippen LogP contribution in [0.4, 0.5) is 0 Å². The van der Waals surface area contributed by atoms with Gasteiger partial charge in [0.1, 0.15) is 0 Å². The fourth-order valence-corrected chi connectivity index (χ4v) is 4.61. The van der Waals surface area contributed by atoms with Gasteiger partial charge in [0, 0.05) is 13.6 Å². The Labute approximate surface area is 144 Å². The summed E-state index contributed by atoms with van der Waals surface area (Å²) in [6, 6.07) is 0. The summed E-state index contributed by atoms with van der Waals surface area (Å²) in [7, 11) is 1.59. The van der Waals surface area contributed by atoms with Gasteiger partial charge in [0.2, 0.25) is 0 Å². The second-order valence-electron chi connectivity index (χ2n) is 7.92. The minimum atomic E-state index is -1.23. The quantitative estimate of drug-likeness (QED) is 0.295. The van der Waals surface area contributed by atoms with Gasteiger partial charge in [0.15, 0.2) is 5.96 Å². The van der Waals surface area contributed by atoms with E-state index in [0.717, 1.165) is 18.4 Å². The van der Waals surface area contributed by atoms with Crippen LogP contribution in [-0.4, -0.2) is 52.2 Å². The first-order chi connectivity index (χ1) is 11.1. The van der Waals surface area contributed by atoms with Crippen LogP contribution < -0.4 is 11.1 Å². The Kier molecular flexibility index (Phi) is 5.62. The highest BCUT2D eigenvalue weighted by atomic mass is 16.3. The van der Waals surface area contributed by atoms with Crippen LogP contribution in [0.5, 0.6) is 0 Å². The first kappa shape index (κ1) is 19.2. The summed E-state index contributed by atoms with van der Waals surface area (Å²) in [5.41, 5.74) is 4.61. The van der Waals surface area contributed by atoms with E-state index in [-0.39, 0.29) is 17.8 Å². The van der Waals surface area contributed by atoms with Crippen molar-refractivity contribution in [1.82, 2.24) is 5.32 Å². The Morgan fingerprint density at radius 3 is 2.58 bits per heavy atom. The molecule has 0 heterocycles. The summed E-state index contributed by atoms with van der Waals surface area (Å²) in [6.45, 7) is 8.35. The van der Waals surface area contributed by atoms with E-state index in [9.17, 15) is 15.3 Å². The van der Waals surface area contributed by atoms with Gasteiger partial charge in [-0.15, -0.1) is 0 Å². The molecule has 0 aromatic heterocycles. The molecule has 6 unspecified atom stereocenters. The van der Waals surface area contributed by atoms with Crippen LogP contribution in [0.3, 0.4) is 0 Å². The molecule has 6 nitrogen and oxygen atoms in total. The van der Waals surface area contributed by atoms with E-state index in [0.29, 0.717) is 31.8 Å². The molecule has 138 valence electrons. The zero-order chi connectivity index (χ0) is 18.1. The molecule has 0 spiro atoms. The van der Waals surface area contributed by atoms with E-state index in [4.69, 9.17) is 5.73 Å². The predicted molar refractivity (Wildman–Crippen MR) is 95.5 cm³/mol. The summed E-state index contributed by atoms with van der Waals surface area (Å²) >= 11 is 0. The van der Waals surface area contributed by atoms with E-state index >= 15 is 0 Å². The number of nitrogens with zero attached hydrogens (tertiary/aromatic N) is 1. The number of rotatable bonds is 4. The van der Waals surface area contributed by atoms with Crippen molar-refractivity contribution < 1.29 is 15.3 Å². The predicted octanol–water partition coefficient (Wildman–Crippen LogP) is 0.766. The summed E-state index contributed by atoms with van der Waals surface area (Å²) in [5.74, 6) is 0.307. The normalized spacial score (nSPS) is 43.2. The summed E-state index contributed by atoms with van der Waals surface area (Å²) in [6.07, 6.45) is 2.24. The molecule has 6 N–H and O–H groups in total. The van der Waals surface area contributed by atoms with E-state index in [2.05, 4.69) is 16.9 Å². The fourth-order valence-electron chi connectivity index (χ4n) is 4.61. The molecule has 0 bridgehead atoms. The Morgan fingerprint density at radius 2 is 2.00 bits per heavy atom. The number of aliphatic imine (C=N–C) groups is 1. The topological polar surface area (TPSA) is 111 Å². The lowest BCUT2D eigenvalue weighted by atomic mass is 9.74. The second-order valence-corrected chi connectivity index (χ2v) is 7.92. The number of nitrogens with one attached hydrogen (secondary N) is 1. The standard InChI is InChI=1S/C18H33N3O3/c1-11(2)12-5-6-17(3,23)13-10-15(22)18(24,14(13)9-12)7-8-21-16(19)20-4/h12-15,22-24H,1,5-10H2,2-4H3,(H3,19,20,21). The van der Waals surface area contributed by atoms with E-state index in [1.165, 1.54) is 0 Å². The monoisotopic (exact) mass is 339 g/mol. The summed E-state index contributed by atoms with van der Waals surface area (Å²) in [5, 5.41) is 35.7. The average Bonchev–Trinajstić information content (AvgIpc) is 2.66. The lowest BCUT2D eigenvalue weighted by Gasteiger charge is -2.38. The van der Waals surface area contributed by atoms with Crippen LogP contribution in [0.15, 0.2) is 17.1 Å². The van der Waals surface area contributed by atoms with Gasteiger partial charge >= 0.3 is 0 Å². The molecule has 0 saturated heterocycles. The molecule has 2 aliphatic carbocycles. The number of nitrogens with two attached hydrogens (primary N) is 1. The molecule has 2 rings (SSSR count). The lowest BCUT2D eigenvalue weighted by Crippen LogP contribution is -2.48. The highest BCUT2D eigenvalue weighted by Crippen LogP contribution is 2.54. The van der Waals surface area contributed by atoms with Gasteiger partial charge in [0.25, 0.3) is 0 Å². The van der Waals surface area contributed by atoms with Crippen molar-refractivity contribution in [3.8, 4) is 0 Å². The first-order valence-corrected chi connectivity index (χ1v) is 8.86. The molecular weight excluding hydrogens is 306 g/mol. The molecule has 0 aliphatic heterocycles. The van der Waals surface area contributed by atoms with Crippen LogP contribution >= 0.6 is 0 Å². The van der Waals surface area contributed by atoms with Crippen molar-refractivity contribution in [3.63, 3.8) is 0 Å². The Hall–Kier alpha value is -1.11. The van der Waals surface area contributed by atoms with Gasteiger partial charge in [0.05, 0.1) is 17.3 Å². The van der Waals surface area contributed by atoms with Crippen molar-refractivity contribution in [2.45, 2.75) is 63.3 Å². The number of guanidine groups is 1. The van der Waals surface area contributed by atoms with Gasteiger partial charge in [-0.3, -0.25) is 4.99 Å². The number of aliphatic hydroxyl groups is 3.